The van der Waals surface area contributed by atoms with E-state index in [1.807, 2.05) is 66.7 Å². The molecular formula is C36H33N5OPt. The summed E-state index contributed by atoms with van der Waals surface area (Å²) >= 11 is 0. The van der Waals surface area contributed by atoms with Crippen molar-refractivity contribution in [1.29, 1.82) is 0 Å². The molecule has 2 aromatic heterocycles. The van der Waals surface area contributed by atoms with E-state index in [-0.39, 0.29) is 21.1 Å². The van der Waals surface area contributed by atoms with Crippen LogP contribution >= 0.6 is 0 Å². The van der Waals surface area contributed by atoms with Gasteiger partial charge in [-0.25, -0.2) is 0 Å². The van der Waals surface area contributed by atoms with Crippen molar-refractivity contribution >= 4 is 11.9 Å². The fourth-order valence-electron chi connectivity index (χ4n) is 5.63. The maximum absolute atomic E-state index is 6.19. The topological polar surface area (TPSA) is 48.1 Å². The first-order chi connectivity index (χ1) is 20.3. The number of aromatic nitrogens is 4. The smallest absolute Gasteiger partial charge is 0.465 e. The number of hydrogen-bond donors (Lipinski definition) is 0. The molecular weight excluding hydrogens is 714 g/mol. The number of nitrogens with zero attached hydrogens (tertiary/aromatic N) is 5. The molecule has 0 amide bonds. The van der Waals surface area contributed by atoms with Gasteiger partial charge < -0.3 is 4.74 Å². The molecule has 6 nitrogen and oxygen atoms in total. The van der Waals surface area contributed by atoms with Crippen molar-refractivity contribution in [2.75, 3.05) is 11.9 Å². The molecule has 0 aliphatic rings. The van der Waals surface area contributed by atoms with Crippen molar-refractivity contribution in [2.45, 2.75) is 34.6 Å². The summed E-state index contributed by atoms with van der Waals surface area (Å²) in [4.78, 5) is 12.2. The average molecular weight is 747 g/mol. The molecule has 6 rings (SSSR count). The van der Waals surface area contributed by atoms with Crippen molar-refractivity contribution in [3.8, 4) is 34.3 Å². The van der Waals surface area contributed by atoms with E-state index < -0.39 is 0 Å². The van der Waals surface area contributed by atoms with Crippen molar-refractivity contribution in [2.24, 2.45) is 0 Å². The Labute approximate surface area is 267 Å². The van der Waals surface area contributed by atoms with Gasteiger partial charge in [-0.2, -0.15) is 23.2 Å². The fourth-order valence-corrected chi connectivity index (χ4v) is 5.63. The second-order valence-electron chi connectivity index (χ2n) is 10.7. The van der Waals surface area contributed by atoms with E-state index in [0.717, 1.165) is 50.8 Å². The Kier molecular flexibility index (Phi) is 8.70. The number of para-hydroxylation sites is 2. The number of aryl methyl sites for hydroxylation is 5. The minimum atomic E-state index is 0. The van der Waals surface area contributed by atoms with Crippen LogP contribution in [0.25, 0.3) is 22.6 Å². The van der Waals surface area contributed by atoms with Gasteiger partial charge in [-0.3, -0.25) is 19.0 Å². The summed E-state index contributed by atoms with van der Waals surface area (Å²) in [5, 5.41) is 0. The quantitative estimate of drug-likeness (QED) is 0.154. The van der Waals surface area contributed by atoms with Crippen LogP contribution in [0.15, 0.2) is 91.3 Å². The van der Waals surface area contributed by atoms with Crippen molar-refractivity contribution in [1.82, 2.24) is 19.1 Å². The maximum Gasteiger partial charge on any atom is 2.00 e. The Morgan fingerprint density at radius 1 is 0.674 bits per heavy atom. The first-order valence-electron chi connectivity index (χ1n) is 14.0. The first kappa shape index (κ1) is 30.1. The zero-order valence-corrected chi connectivity index (χ0v) is 27.4. The molecule has 218 valence electrons. The zero-order valence-electron chi connectivity index (χ0n) is 25.1. The summed E-state index contributed by atoms with van der Waals surface area (Å²) in [6.07, 6.45) is 4.02. The summed E-state index contributed by atoms with van der Waals surface area (Å²) in [5.41, 5.74) is 9.73. The predicted octanol–water partition coefficient (Wildman–Crippen LogP) is 8.43. The molecule has 0 saturated heterocycles. The molecule has 0 radical (unpaired) electrons. The molecule has 7 heteroatoms. The van der Waals surface area contributed by atoms with Crippen LogP contribution in [0.5, 0.6) is 11.6 Å². The van der Waals surface area contributed by atoms with Gasteiger partial charge in [0.05, 0.1) is 17.6 Å². The third kappa shape index (κ3) is 5.93. The second-order valence-corrected chi connectivity index (χ2v) is 10.7. The molecule has 43 heavy (non-hydrogen) atoms. The van der Waals surface area contributed by atoms with Crippen molar-refractivity contribution < 1.29 is 25.8 Å². The van der Waals surface area contributed by atoms with Gasteiger partial charge in [0.2, 0.25) is 17.8 Å². The molecule has 0 aliphatic heterocycles. The normalized spacial score (nSPS) is 10.8. The van der Waals surface area contributed by atoms with Gasteiger partial charge in [0.1, 0.15) is 0 Å². The minimum absolute atomic E-state index is 0. The van der Waals surface area contributed by atoms with Gasteiger partial charge in [-0.05, 0) is 63.1 Å². The average Bonchev–Trinajstić information content (AvgIpc) is 3.58. The third-order valence-corrected chi connectivity index (χ3v) is 7.39. The first-order valence-corrected chi connectivity index (χ1v) is 14.0. The SMILES string of the molecule is Cc1cc(C)c(-n2cc(Oc3[c-]cccc3)nc2N(C)c2nc(-c3[c-]cccc3)cn2-c2c(C)cccc2C)c(C)c1.[Pt+2]. The standard InChI is InChI=1S/C36H33N5O.Pt/c1-24-20-27(4)34(28(5)21-24)41-23-32(42-30-18-11-8-12-19-30)38-36(41)39(6)35-37-31(29-16-9-7-10-17-29)22-40(35)33-25(2)14-13-15-26(33)3;/h7-16,18,20-23H,1-6H3;/q-2;+2. The molecule has 0 spiro atoms. The summed E-state index contributed by atoms with van der Waals surface area (Å²) in [7, 11) is 2.00. The van der Waals surface area contributed by atoms with Crippen LogP contribution in [0, 0.1) is 46.8 Å². The number of imidazole rings is 2. The molecule has 0 fully saturated rings. The Bertz CT molecular complexity index is 1830. The zero-order chi connectivity index (χ0) is 29.4. The number of rotatable bonds is 7. The van der Waals surface area contributed by atoms with Gasteiger partial charge >= 0.3 is 21.1 Å². The van der Waals surface area contributed by atoms with E-state index in [2.05, 4.69) is 92.4 Å². The molecule has 2 heterocycles. The van der Waals surface area contributed by atoms with E-state index >= 15 is 0 Å². The molecule has 6 aromatic rings. The molecule has 0 unspecified atom stereocenters. The van der Waals surface area contributed by atoms with Crippen molar-refractivity contribution in [3.63, 3.8) is 0 Å². The molecule has 0 atom stereocenters. The molecule has 0 bridgehead atoms. The van der Waals surface area contributed by atoms with E-state index in [4.69, 9.17) is 14.7 Å². The van der Waals surface area contributed by atoms with E-state index in [9.17, 15) is 0 Å². The van der Waals surface area contributed by atoms with Gasteiger partial charge in [0.15, 0.2) is 0 Å². The number of ether oxygens (including phenoxy) is 1. The molecule has 0 saturated carbocycles. The van der Waals surface area contributed by atoms with Crippen LogP contribution in [0.2, 0.25) is 0 Å². The Morgan fingerprint density at radius 3 is 1.91 bits per heavy atom. The fraction of sp³-hybridized carbons (Fsp3) is 0.167. The van der Waals surface area contributed by atoms with Crippen molar-refractivity contribution in [3.05, 3.63) is 131 Å². The van der Waals surface area contributed by atoms with Crippen LogP contribution in [-0.4, -0.2) is 26.1 Å². The summed E-state index contributed by atoms with van der Waals surface area (Å²) in [6, 6.07) is 32.7. The second kappa shape index (κ2) is 12.4. The van der Waals surface area contributed by atoms with Gasteiger partial charge in [0.25, 0.3) is 0 Å². The summed E-state index contributed by atoms with van der Waals surface area (Å²) in [5.74, 6) is 2.48. The van der Waals surface area contributed by atoms with Crippen LogP contribution in [0.4, 0.5) is 11.9 Å². The van der Waals surface area contributed by atoms with Gasteiger partial charge in [0, 0.05) is 18.5 Å². The van der Waals surface area contributed by atoms with E-state index in [1.54, 1.807) is 0 Å². The van der Waals surface area contributed by atoms with E-state index in [0.29, 0.717) is 17.6 Å². The number of hydrogen-bond acceptors (Lipinski definition) is 4. The van der Waals surface area contributed by atoms with Crippen LogP contribution in [0.1, 0.15) is 27.8 Å². The number of benzene rings is 4. The summed E-state index contributed by atoms with van der Waals surface area (Å²) in [6.45, 7) is 10.6. The Morgan fingerprint density at radius 2 is 1.28 bits per heavy atom. The predicted molar refractivity (Wildman–Crippen MR) is 168 cm³/mol. The Hall–Kier alpha value is -4.41. The van der Waals surface area contributed by atoms with Crippen LogP contribution in [-0.2, 0) is 21.1 Å². The molecule has 0 N–H and O–H groups in total. The number of anilines is 2. The monoisotopic (exact) mass is 746 g/mol. The summed E-state index contributed by atoms with van der Waals surface area (Å²) < 4.78 is 10.4. The van der Waals surface area contributed by atoms with Gasteiger partial charge in [-0.1, -0.05) is 35.9 Å². The van der Waals surface area contributed by atoms with E-state index in [1.165, 1.54) is 5.56 Å². The van der Waals surface area contributed by atoms with Crippen LogP contribution < -0.4 is 9.64 Å². The molecule has 0 aliphatic carbocycles. The maximum atomic E-state index is 6.19. The third-order valence-electron chi connectivity index (χ3n) is 7.39. The Balaban J connectivity index is 0.00000368. The van der Waals surface area contributed by atoms with Gasteiger partial charge in [-0.15, -0.1) is 48.0 Å². The minimum Gasteiger partial charge on any atom is -0.465 e. The largest absolute Gasteiger partial charge is 2.00 e. The van der Waals surface area contributed by atoms with Crippen LogP contribution in [0.3, 0.4) is 0 Å². The molecule has 4 aromatic carbocycles.